The van der Waals surface area contributed by atoms with E-state index in [1.165, 1.54) is 0 Å². The van der Waals surface area contributed by atoms with E-state index < -0.39 is 11.6 Å². The highest BCUT2D eigenvalue weighted by Crippen LogP contribution is 2.11. The van der Waals surface area contributed by atoms with E-state index in [2.05, 4.69) is 0 Å². The summed E-state index contributed by atoms with van der Waals surface area (Å²) in [6, 6.07) is -0.434. The van der Waals surface area contributed by atoms with Gasteiger partial charge in [-0.3, -0.25) is 0 Å². The highest BCUT2D eigenvalue weighted by Gasteiger charge is 2.25. The number of hydrogen-bond acceptors (Lipinski definition) is 3. The normalized spacial score (nSPS) is 17.6. The lowest BCUT2D eigenvalue weighted by atomic mass is 10.2. The molecule has 0 saturated carbocycles. The molecule has 0 unspecified atom stereocenters. The molecule has 0 aromatic rings. The molecule has 3 amide bonds. The molecule has 1 rings (SSSR count). The monoisotopic (exact) mass is 243 g/mol. The molecule has 6 nitrogen and oxygen atoms in total. The van der Waals surface area contributed by atoms with Gasteiger partial charge in [-0.05, 0) is 27.2 Å². The van der Waals surface area contributed by atoms with Crippen molar-refractivity contribution in [3.8, 4) is 0 Å². The molecular formula is C11H21N3O3. The summed E-state index contributed by atoms with van der Waals surface area (Å²) in [6.07, 6.45) is 0.395. The number of hydrogen-bond donors (Lipinski definition) is 1. The maximum Gasteiger partial charge on any atom is 0.410 e. The fraction of sp³-hybridized carbons (Fsp3) is 0.818. The molecule has 0 spiro atoms. The summed E-state index contributed by atoms with van der Waals surface area (Å²) in [6.45, 7) is 7.62. The average molecular weight is 243 g/mol. The second-order valence-electron chi connectivity index (χ2n) is 5.15. The first-order valence-electron chi connectivity index (χ1n) is 5.82. The molecule has 1 aliphatic heterocycles. The van der Waals surface area contributed by atoms with Crippen molar-refractivity contribution in [1.29, 1.82) is 0 Å². The van der Waals surface area contributed by atoms with Crippen molar-refractivity contribution in [3.63, 3.8) is 0 Å². The van der Waals surface area contributed by atoms with E-state index in [1.54, 1.807) is 9.80 Å². The van der Waals surface area contributed by atoms with Gasteiger partial charge in [-0.15, -0.1) is 0 Å². The van der Waals surface area contributed by atoms with Crippen molar-refractivity contribution in [2.75, 3.05) is 26.2 Å². The lowest BCUT2D eigenvalue weighted by molar-refractivity contribution is 0.0259. The third-order valence-electron chi connectivity index (χ3n) is 2.46. The van der Waals surface area contributed by atoms with Crippen LogP contribution in [-0.4, -0.2) is 53.7 Å². The van der Waals surface area contributed by atoms with Gasteiger partial charge < -0.3 is 20.3 Å². The number of ether oxygens (including phenoxy) is 1. The summed E-state index contributed by atoms with van der Waals surface area (Å²) in [5, 5.41) is 0. The number of carbonyl (C=O) groups is 2. The number of amides is 3. The molecule has 1 fully saturated rings. The largest absolute Gasteiger partial charge is 0.444 e. The number of rotatable bonds is 0. The number of urea groups is 1. The van der Waals surface area contributed by atoms with Gasteiger partial charge >= 0.3 is 12.1 Å². The minimum Gasteiger partial charge on any atom is -0.444 e. The molecule has 0 aliphatic carbocycles. The highest BCUT2D eigenvalue weighted by molar-refractivity contribution is 5.72. The van der Waals surface area contributed by atoms with Gasteiger partial charge in [0.05, 0.1) is 0 Å². The molecule has 0 bridgehead atoms. The summed E-state index contributed by atoms with van der Waals surface area (Å²) < 4.78 is 5.28. The van der Waals surface area contributed by atoms with E-state index in [-0.39, 0.29) is 6.09 Å². The Morgan fingerprint density at radius 3 is 2.12 bits per heavy atom. The molecule has 17 heavy (non-hydrogen) atoms. The molecule has 0 aromatic heterocycles. The van der Waals surface area contributed by atoms with Gasteiger partial charge in [-0.2, -0.15) is 0 Å². The molecule has 98 valence electrons. The average Bonchev–Trinajstić information content (AvgIpc) is 2.39. The molecule has 0 radical (unpaired) electrons. The van der Waals surface area contributed by atoms with Crippen LogP contribution in [0.1, 0.15) is 27.2 Å². The van der Waals surface area contributed by atoms with Crippen molar-refractivity contribution >= 4 is 12.1 Å². The standard InChI is InChI=1S/C11H21N3O3/c1-11(2,3)17-10(16)14-6-4-5-13(7-8-14)9(12)15/h4-8H2,1-3H3,(H2,12,15). The highest BCUT2D eigenvalue weighted by atomic mass is 16.6. The second-order valence-corrected chi connectivity index (χ2v) is 5.15. The Kier molecular flexibility index (Phi) is 4.20. The topological polar surface area (TPSA) is 75.9 Å². The summed E-state index contributed by atoms with van der Waals surface area (Å²) in [5.41, 5.74) is 4.72. The molecular weight excluding hydrogens is 222 g/mol. The minimum absolute atomic E-state index is 0.330. The number of nitrogens with zero attached hydrogens (tertiary/aromatic N) is 2. The molecule has 1 aliphatic rings. The zero-order valence-corrected chi connectivity index (χ0v) is 10.7. The van der Waals surface area contributed by atoms with Crippen LogP contribution < -0.4 is 5.73 Å². The first-order valence-corrected chi connectivity index (χ1v) is 5.82. The SMILES string of the molecule is CC(C)(C)OC(=O)N1CCCN(C(N)=O)CC1. The third kappa shape index (κ3) is 4.50. The van der Waals surface area contributed by atoms with E-state index >= 15 is 0 Å². The first-order chi connectivity index (χ1) is 7.79. The fourth-order valence-electron chi connectivity index (χ4n) is 1.65. The van der Waals surface area contributed by atoms with Crippen molar-refractivity contribution in [3.05, 3.63) is 0 Å². The van der Waals surface area contributed by atoms with Crippen LogP contribution >= 0.6 is 0 Å². The van der Waals surface area contributed by atoms with E-state index in [1.807, 2.05) is 20.8 Å². The summed E-state index contributed by atoms with van der Waals surface area (Å²) in [7, 11) is 0. The number of nitrogens with two attached hydrogens (primary N) is 1. The predicted octanol–water partition coefficient (Wildman–Crippen LogP) is 1.01. The van der Waals surface area contributed by atoms with E-state index in [0.29, 0.717) is 26.2 Å². The first kappa shape index (κ1) is 13.6. The van der Waals surface area contributed by atoms with E-state index in [9.17, 15) is 9.59 Å². The zero-order chi connectivity index (χ0) is 13.1. The van der Waals surface area contributed by atoms with Gasteiger partial charge in [0.1, 0.15) is 5.60 Å². The van der Waals surface area contributed by atoms with E-state index in [4.69, 9.17) is 10.5 Å². The lowest BCUT2D eigenvalue weighted by Crippen LogP contribution is -2.41. The molecule has 1 heterocycles. The molecule has 6 heteroatoms. The van der Waals surface area contributed by atoms with Gasteiger partial charge in [0.25, 0.3) is 0 Å². The summed E-state index contributed by atoms with van der Waals surface area (Å²) in [5.74, 6) is 0. The second kappa shape index (κ2) is 5.25. The fourth-order valence-corrected chi connectivity index (χ4v) is 1.65. The Bertz CT molecular complexity index is 299. The van der Waals surface area contributed by atoms with Crippen molar-refractivity contribution in [1.82, 2.24) is 9.80 Å². The van der Waals surface area contributed by atoms with Crippen molar-refractivity contribution < 1.29 is 14.3 Å². The number of carbonyl (C=O) groups excluding carboxylic acids is 2. The smallest absolute Gasteiger partial charge is 0.410 e. The molecule has 0 atom stereocenters. The van der Waals surface area contributed by atoms with Crippen LogP contribution in [0.2, 0.25) is 0 Å². The summed E-state index contributed by atoms with van der Waals surface area (Å²) in [4.78, 5) is 26.0. The van der Waals surface area contributed by atoms with Crippen LogP contribution in [0.4, 0.5) is 9.59 Å². The Morgan fingerprint density at radius 1 is 1.06 bits per heavy atom. The maximum atomic E-state index is 11.8. The van der Waals surface area contributed by atoms with Crippen molar-refractivity contribution in [2.24, 2.45) is 5.73 Å². The van der Waals surface area contributed by atoms with Crippen LogP contribution in [0.15, 0.2) is 0 Å². The van der Waals surface area contributed by atoms with Gasteiger partial charge in [0, 0.05) is 26.2 Å². The summed E-state index contributed by atoms with van der Waals surface area (Å²) >= 11 is 0. The minimum atomic E-state index is -0.493. The Hall–Kier alpha value is -1.46. The van der Waals surface area contributed by atoms with Crippen LogP contribution in [0.25, 0.3) is 0 Å². The molecule has 0 aromatic carbocycles. The Morgan fingerprint density at radius 2 is 1.59 bits per heavy atom. The number of primary amides is 1. The van der Waals surface area contributed by atoms with Crippen LogP contribution in [0.3, 0.4) is 0 Å². The van der Waals surface area contributed by atoms with Gasteiger partial charge in [-0.1, -0.05) is 0 Å². The molecule has 2 N–H and O–H groups in total. The molecule has 1 saturated heterocycles. The van der Waals surface area contributed by atoms with Crippen LogP contribution in [0.5, 0.6) is 0 Å². The lowest BCUT2D eigenvalue weighted by Gasteiger charge is -2.26. The quantitative estimate of drug-likeness (QED) is 0.689. The van der Waals surface area contributed by atoms with Gasteiger partial charge in [0.15, 0.2) is 0 Å². The zero-order valence-electron chi connectivity index (χ0n) is 10.7. The predicted molar refractivity (Wildman–Crippen MR) is 63.6 cm³/mol. The van der Waals surface area contributed by atoms with E-state index in [0.717, 1.165) is 6.42 Å². The van der Waals surface area contributed by atoms with Gasteiger partial charge in [-0.25, -0.2) is 9.59 Å². The Labute approximate surface area is 102 Å². The van der Waals surface area contributed by atoms with Crippen LogP contribution in [-0.2, 0) is 4.74 Å². The van der Waals surface area contributed by atoms with Crippen LogP contribution in [0, 0.1) is 0 Å². The van der Waals surface area contributed by atoms with Gasteiger partial charge in [0.2, 0.25) is 0 Å². The maximum absolute atomic E-state index is 11.8. The Balaban J connectivity index is 2.51. The third-order valence-corrected chi connectivity index (χ3v) is 2.46. The van der Waals surface area contributed by atoms with Crippen molar-refractivity contribution in [2.45, 2.75) is 32.8 Å².